The lowest BCUT2D eigenvalue weighted by Gasteiger charge is -2.04. The van der Waals surface area contributed by atoms with Gasteiger partial charge < -0.3 is 0 Å². The normalized spacial score (nSPS) is 11.0. The average molecular weight is 393 g/mol. The molecule has 0 spiro atoms. The summed E-state index contributed by atoms with van der Waals surface area (Å²) in [6.45, 7) is 2.29. The highest BCUT2D eigenvalue weighted by molar-refractivity contribution is 6.67. The zero-order valence-corrected chi connectivity index (χ0v) is 18.4. The Hall–Kier alpha value is -0.820. The first-order valence-electron chi connectivity index (χ1n) is 11.5. The predicted octanol–water partition coefficient (Wildman–Crippen LogP) is 8.87. The van der Waals surface area contributed by atoms with Crippen LogP contribution in [0, 0.1) is 0 Å². The van der Waals surface area contributed by atoms with Crippen LogP contribution < -0.4 is 0 Å². The number of halogens is 1. The van der Waals surface area contributed by atoms with Gasteiger partial charge in [-0.3, -0.25) is 4.79 Å². The van der Waals surface area contributed by atoms with Crippen LogP contribution in [0.25, 0.3) is 0 Å². The summed E-state index contributed by atoms with van der Waals surface area (Å²) in [5.74, 6) is 0. The molecule has 1 aromatic rings. The molecule has 0 amide bonds. The molecule has 0 heterocycles. The van der Waals surface area contributed by atoms with Gasteiger partial charge in [-0.2, -0.15) is 0 Å². The molecule has 154 valence electrons. The number of hydrogen-bond donors (Lipinski definition) is 0. The molecule has 0 aliphatic rings. The Bertz CT molecular complexity index is 466. The first-order valence-corrected chi connectivity index (χ1v) is 11.9. The zero-order valence-electron chi connectivity index (χ0n) is 17.6. The molecular weight excluding hydrogens is 352 g/mol. The fourth-order valence-corrected chi connectivity index (χ4v) is 3.81. The highest BCUT2D eigenvalue weighted by atomic mass is 35.5. The number of aryl methyl sites for hydroxylation is 1. The molecule has 27 heavy (non-hydrogen) atoms. The second kappa shape index (κ2) is 17.3. The molecule has 0 fully saturated rings. The van der Waals surface area contributed by atoms with Crippen molar-refractivity contribution in [2.75, 3.05) is 0 Å². The van der Waals surface area contributed by atoms with Crippen molar-refractivity contribution >= 4 is 16.8 Å². The number of unbranched alkanes of at least 4 members (excludes halogenated alkanes) is 15. The minimum Gasteiger partial charge on any atom is -0.276 e. The Balaban J connectivity index is 1.81. The lowest BCUT2D eigenvalue weighted by molar-refractivity contribution is 0.108. The maximum atomic E-state index is 11.0. The van der Waals surface area contributed by atoms with E-state index in [9.17, 15) is 4.79 Å². The Morgan fingerprint density at radius 2 is 1.00 bits per heavy atom. The molecule has 0 aromatic heterocycles. The first-order chi connectivity index (χ1) is 13.2. The van der Waals surface area contributed by atoms with Crippen LogP contribution >= 0.6 is 11.6 Å². The van der Waals surface area contributed by atoms with Crippen molar-refractivity contribution in [1.82, 2.24) is 0 Å². The van der Waals surface area contributed by atoms with E-state index in [0.717, 1.165) is 6.42 Å². The van der Waals surface area contributed by atoms with E-state index >= 15 is 0 Å². The number of benzene rings is 1. The average Bonchev–Trinajstić information content (AvgIpc) is 2.68. The standard InChI is InChI=1S/C25H41ClO/c1-2-3-4-5-6-7-8-9-10-11-12-13-14-15-16-17-18-23-19-21-24(22-20-23)25(26)27/h19-22H,2-18H2,1H3. The summed E-state index contributed by atoms with van der Waals surface area (Å²) >= 11 is 5.47. The van der Waals surface area contributed by atoms with Gasteiger partial charge in [0.2, 0.25) is 0 Å². The van der Waals surface area contributed by atoms with E-state index in [0.29, 0.717) is 5.56 Å². The van der Waals surface area contributed by atoms with Crippen molar-refractivity contribution < 1.29 is 4.79 Å². The van der Waals surface area contributed by atoms with Gasteiger partial charge in [0.15, 0.2) is 0 Å². The second-order valence-corrected chi connectivity index (χ2v) is 8.37. The van der Waals surface area contributed by atoms with Crippen molar-refractivity contribution in [2.24, 2.45) is 0 Å². The molecule has 0 unspecified atom stereocenters. The van der Waals surface area contributed by atoms with Crippen LogP contribution in [0.15, 0.2) is 24.3 Å². The molecule has 0 saturated heterocycles. The van der Waals surface area contributed by atoms with Gasteiger partial charge >= 0.3 is 0 Å². The monoisotopic (exact) mass is 392 g/mol. The molecule has 1 nitrogen and oxygen atoms in total. The highest BCUT2D eigenvalue weighted by Crippen LogP contribution is 2.15. The number of rotatable bonds is 18. The Labute approximate surface area is 173 Å². The molecule has 0 radical (unpaired) electrons. The van der Waals surface area contributed by atoms with Crippen LogP contribution in [-0.4, -0.2) is 5.24 Å². The maximum absolute atomic E-state index is 11.0. The summed E-state index contributed by atoms with van der Waals surface area (Å²) in [6, 6.07) is 7.72. The molecule has 2 heteroatoms. The van der Waals surface area contributed by atoms with Crippen molar-refractivity contribution in [3.05, 3.63) is 35.4 Å². The molecule has 0 atom stereocenters. The zero-order chi connectivity index (χ0) is 19.6. The molecule has 0 bridgehead atoms. The lowest BCUT2D eigenvalue weighted by atomic mass is 10.0. The van der Waals surface area contributed by atoms with Gasteiger partial charge in [0.05, 0.1) is 0 Å². The van der Waals surface area contributed by atoms with Crippen LogP contribution in [0.2, 0.25) is 0 Å². The van der Waals surface area contributed by atoms with Crippen LogP contribution in [0.4, 0.5) is 0 Å². The molecular formula is C25H41ClO. The third-order valence-electron chi connectivity index (χ3n) is 5.50. The first kappa shape index (κ1) is 24.2. The van der Waals surface area contributed by atoms with Crippen molar-refractivity contribution in [1.29, 1.82) is 0 Å². The number of carbonyl (C=O) groups excluding carboxylic acids is 1. The van der Waals surface area contributed by atoms with E-state index in [1.165, 1.54) is 108 Å². The fraction of sp³-hybridized carbons (Fsp3) is 0.720. The molecule has 0 aliphatic heterocycles. The quantitative estimate of drug-likeness (QED) is 0.180. The highest BCUT2D eigenvalue weighted by Gasteiger charge is 2.01. The Kier molecular flexibility index (Phi) is 15.5. The predicted molar refractivity (Wildman–Crippen MR) is 120 cm³/mol. The van der Waals surface area contributed by atoms with Gasteiger partial charge in [0.25, 0.3) is 5.24 Å². The van der Waals surface area contributed by atoms with Crippen molar-refractivity contribution in [3.8, 4) is 0 Å². The van der Waals surface area contributed by atoms with Gasteiger partial charge in [-0.15, -0.1) is 0 Å². The van der Waals surface area contributed by atoms with Gasteiger partial charge in [-0.25, -0.2) is 0 Å². The summed E-state index contributed by atoms with van der Waals surface area (Å²) < 4.78 is 0. The summed E-state index contributed by atoms with van der Waals surface area (Å²) in [6.07, 6.45) is 23.6. The third-order valence-corrected chi connectivity index (χ3v) is 5.72. The van der Waals surface area contributed by atoms with Crippen LogP contribution in [0.1, 0.15) is 126 Å². The smallest absolute Gasteiger partial charge is 0.252 e. The molecule has 0 N–H and O–H groups in total. The minimum absolute atomic E-state index is 0.371. The van der Waals surface area contributed by atoms with Gasteiger partial charge in [-0.05, 0) is 42.1 Å². The van der Waals surface area contributed by atoms with E-state index in [-0.39, 0.29) is 5.24 Å². The summed E-state index contributed by atoms with van der Waals surface area (Å²) in [5, 5.41) is -0.371. The molecule has 1 rings (SSSR count). The van der Waals surface area contributed by atoms with Crippen LogP contribution in [-0.2, 0) is 6.42 Å². The van der Waals surface area contributed by atoms with Crippen molar-refractivity contribution in [2.45, 2.75) is 116 Å². The molecule has 1 aromatic carbocycles. The SMILES string of the molecule is CCCCCCCCCCCCCCCCCCc1ccc(C(=O)Cl)cc1. The largest absolute Gasteiger partial charge is 0.276 e. The van der Waals surface area contributed by atoms with E-state index in [1.54, 1.807) is 0 Å². The molecule has 0 saturated carbocycles. The van der Waals surface area contributed by atoms with E-state index in [4.69, 9.17) is 11.6 Å². The van der Waals surface area contributed by atoms with E-state index in [1.807, 2.05) is 24.3 Å². The van der Waals surface area contributed by atoms with E-state index in [2.05, 4.69) is 6.92 Å². The maximum Gasteiger partial charge on any atom is 0.252 e. The van der Waals surface area contributed by atoms with Crippen LogP contribution in [0.3, 0.4) is 0 Å². The van der Waals surface area contributed by atoms with Crippen molar-refractivity contribution in [3.63, 3.8) is 0 Å². The summed E-state index contributed by atoms with van der Waals surface area (Å²) in [5.41, 5.74) is 1.90. The number of carbonyl (C=O) groups is 1. The number of hydrogen-bond acceptors (Lipinski definition) is 1. The Morgan fingerprint density at radius 3 is 1.37 bits per heavy atom. The van der Waals surface area contributed by atoms with Crippen LogP contribution in [0.5, 0.6) is 0 Å². The topological polar surface area (TPSA) is 17.1 Å². The second-order valence-electron chi connectivity index (χ2n) is 8.02. The fourth-order valence-electron chi connectivity index (χ4n) is 3.68. The lowest BCUT2D eigenvalue weighted by Crippen LogP contribution is -1.91. The van der Waals surface area contributed by atoms with E-state index < -0.39 is 0 Å². The summed E-state index contributed by atoms with van der Waals surface area (Å²) in [4.78, 5) is 11.0. The van der Waals surface area contributed by atoms with Gasteiger partial charge in [0.1, 0.15) is 0 Å². The summed E-state index contributed by atoms with van der Waals surface area (Å²) in [7, 11) is 0. The van der Waals surface area contributed by atoms with Gasteiger partial charge in [-0.1, -0.05) is 115 Å². The molecule has 0 aliphatic carbocycles. The van der Waals surface area contributed by atoms with Gasteiger partial charge in [0, 0.05) is 5.56 Å². The Morgan fingerprint density at radius 1 is 0.630 bits per heavy atom. The minimum atomic E-state index is -0.371. The third kappa shape index (κ3) is 13.9.